The lowest BCUT2D eigenvalue weighted by Gasteiger charge is -2.40. The van der Waals surface area contributed by atoms with Gasteiger partial charge in [0.25, 0.3) is 5.92 Å². The Morgan fingerprint density at radius 3 is 2.90 bits per heavy atom. The van der Waals surface area contributed by atoms with Crippen LogP contribution in [0.25, 0.3) is 0 Å². The van der Waals surface area contributed by atoms with E-state index in [2.05, 4.69) is 15.3 Å². The van der Waals surface area contributed by atoms with Gasteiger partial charge in [0.15, 0.2) is 0 Å². The van der Waals surface area contributed by atoms with Crippen molar-refractivity contribution in [1.29, 1.82) is 0 Å². The van der Waals surface area contributed by atoms with E-state index in [9.17, 15) is 13.6 Å². The summed E-state index contributed by atoms with van der Waals surface area (Å²) in [6.45, 7) is 2.47. The van der Waals surface area contributed by atoms with Crippen LogP contribution < -0.4 is 15.8 Å². The monoisotopic (exact) mass is 421 g/mol. The molecule has 2 atom stereocenters. The van der Waals surface area contributed by atoms with Gasteiger partial charge < -0.3 is 15.8 Å². The number of nitrogens with one attached hydrogen (secondary N) is 1. The van der Waals surface area contributed by atoms with Gasteiger partial charge in [-0.15, -0.1) is 0 Å². The SMILES string of the molecule is CN=C/C=C(\N)[C@H]1CN([C@@H](C)C(=O)Nc2ccc(OCC3CC3)cn2)CCC1(F)F. The molecule has 0 bridgehead atoms. The number of carbonyl (C=O) groups is 1. The van der Waals surface area contributed by atoms with Crippen LogP contribution in [0.5, 0.6) is 5.75 Å². The first-order chi connectivity index (χ1) is 14.3. The minimum atomic E-state index is -2.92. The Hall–Kier alpha value is -2.55. The highest BCUT2D eigenvalue weighted by Crippen LogP contribution is 2.37. The molecule has 2 heterocycles. The lowest BCUT2D eigenvalue weighted by atomic mass is 9.89. The van der Waals surface area contributed by atoms with E-state index >= 15 is 0 Å². The van der Waals surface area contributed by atoms with E-state index in [-0.39, 0.29) is 31.1 Å². The molecule has 30 heavy (non-hydrogen) atoms. The second-order valence-corrected chi connectivity index (χ2v) is 7.93. The van der Waals surface area contributed by atoms with Gasteiger partial charge in [-0.1, -0.05) is 0 Å². The third kappa shape index (κ3) is 5.75. The Morgan fingerprint density at radius 1 is 1.50 bits per heavy atom. The molecule has 7 nitrogen and oxygen atoms in total. The van der Waals surface area contributed by atoms with Crippen molar-refractivity contribution in [3.63, 3.8) is 0 Å². The van der Waals surface area contributed by atoms with Crippen molar-refractivity contribution < 1.29 is 18.3 Å². The predicted octanol–water partition coefficient (Wildman–Crippen LogP) is 2.70. The van der Waals surface area contributed by atoms with Gasteiger partial charge in [-0.25, -0.2) is 13.8 Å². The maximum atomic E-state index is 14.4. The number of pyridine rings is 1. The van der Waals surface area contributed by atoms with Crippen molar-refractivity contribution in [1.82, 2.24) is 9.88 Å². The lowest BCUT2D eigenvalue weighted by molar-refractivity contribution is -0.128. The number of nitrogens with zero attached hydrogens (tertiary/aromatic N) is 3. The fourth-order valence-corrected chi connectivity index (χ4v) is 3.34. The van der Waals surface area contributed by atoms with Crippen molar-refractivity contribution in [2.24, 2.45) is 22.6 Å². The number of nitrogens with two attached hydrogens (primary N) is 1. The number of hydrogen-bond acceptors (Lipinski definition) is 6. The summed E-state index contributed by atoms with van der Waals surface area (Å²) in [5.41, 5.74) is 5.94. The number of ether oxygens (including phenoxy) is 1. The molecule has 2 aliphatic rings. The van der Waals surface area contributed by atoms with Crippen molar-refractivity contribution in [2.45, 2.75) is 38.2 Å². The molecule has 1 saturated carbocycles. The number of amides is 1. The van der Waals surface area contributed by atoms with E-state index in [1.54, 1.807) is 37.2 Å². The largest absolute Gasteiger partial charge is 0.492 e. The molecule has 3 rings (SSSR count). The third-order valence-electron chi connectivity index (χ3n) is 5.58. The first-order valence-corrected chi connectivity index (χ1v) is 10.2. The zero-order valence-corrected chi connectivity index (χ0v) is 17.4. The molecule has 1 aliphatic carbocycles. The molecule has 0 spiro atoms. The standard InChI is InChI=1S/C21H29F2N5O2/c1-14(28-10-8-21(22,23)17(12-28)18(24)7-9-25-2)20(29)27-19-6-5-16(11-26-19)30-13-15-3-4-15/h5-7,9,11,14-15,17H,3-4,8,10,12-13,24H2,1-2H3,(H,26,27,29)/b18-7-,25-9?/t14-,17+/m0/s1. The molecule has 0 aromatic carbocycles. The van der Waals surface area contributed by atoms with Gasteiger partial charge in [0.05, 0.1) is 24.8 Å². The summed E-state index contributed by atoms with van der Waals surface area (Å²) in [6, 6.07) is 2.82. The maximum absolute atomic E-state index is 14.4. The molecular weight excluding hydrogens is 392 g/mol. The number of halogens is 2. The topological polar surface area (TPSA) is 92.8 Å². The van der Waals surface area contributed by atoms with Crippen LogP contribution in [-0.2, 0) is 4.79 Å². The first-order valence-electron chi connectivity index (χ1n) is 10.2. The zero-order valence-electron chi connectivity index (χ0n) is 17.4. The number of allylic oxidation sites excluding steroid dienone is 1. The van der Waals surface area contributed by atoms with Gasteiger partial charge >= 0.3 is 0 Å². The number of rotatable bonds is 8. The van der Waals surface area contributed by atoms with Gasteiger partial charge in [-0.3, -0.25) is 14.7 Å². The number of aliphatic imine (C=N–C) groups is 1. The summed E-state index contributed by atoms with van der Waals surface area (Å²) in [6.07, 6.45) is 6.40. The van der Waals surface area contributed by atoms with Gasteiger partial charge in [-0.05, 0) is 43.9 Å². The predicted molar refractivity (Wildman–Crippen MR) is 112 cm³/mol. The Kier molecular flexibility index (Phi) is 7.02. The number of anilines is 1. The van der Waals surface area contributed by atoms with E-state index in [1.807, 2.05) is 0 Å². The molecule has 0 unspecified atom stereocenters. The van der Waals surface area contributed by atoms with E-state index in [0.29, 0.717) is 24.1 Å². The third-order valence-corrected chi connectivity index (χ3v) is 5.58. The second-order valence-electron chi connectivity index (χ2n) is 7.93. The molecule has 2 fully saturated rings. The highest BCUT2D eigenvalue weighted by atomic mass is 19.3. The summed E-state index contributed by atoms with van der Waals surface area (Å²) in [5, 5.41) is 2.74. The average molecular weight is 421 g/mol. The van der Waals surface area contributed by atoms with Crippen LogP contribution in [0.1, 0.15) is 26.2 Å². The number of piperidine rings is 1. The van der Waals surface area contributed by atoms with Gasteiger partial charge in [0, 0.05) is 38.5 Å². The summed E-state index contributed by atoms with van der Waals surface area (Å²) < 4.78 is 34.4. The van der Waals surface area contributed by atoms with Gasteiger partial charge in [-0.2, -0.15) is 0 Å². The quantitative estimate of drug-likeness (QED) is 0.630. The van der Waals surface area contributed by atoms with E-state index in [4.69, 9.17) is 10.5 Å². The van der Waals surface area contributed by atoms with Crippen LogP contribution in [0.3, 0.4) is 0 Å². The van der Waals surface area contributed by atoms with Crippen LogP contribution >= 0.6 is 0 Å². The smallest absolute Gasteiger partial charge is 0.258 e. The highest BCUT2D eigenvalue weighted by Gasteiger charge is 2.46. The highest BCUT2D eigenvalue weighted by molar-refractivity contribution is 5.93. The summed E-state index contributed by atoms with van der Waals surface area (Å²) in [4.78, 5) is 22.3. The Balaban J connectivity index is 1.58. The minimum absolute atomic E-state index is 0.0111. The molecule has 164 valence electrons. The number of likely N-dealkylation sites (tertiary alicyclic amines) is 1. The Bertz CT molecular complexity index is 793. The average Bonchev–Trinajstić information content (AvgIpc) is 3.55. The molecule has 1 aliphatic heterocycles. The minimum Gasteiger partial charge on any atom is -0.492 e. The lowest BCUT2D eigenvalue weighted by Crippen LogP contribution is -2.54. The van der Waals surface area contributed by atoms with Crippen LogP contribution in [0.4, 0.5) is 14.6 Å². The molecule has 3 N–H and O–H groups in total. The van der Waals surface area contributed by atoms with Crippen molar-refractivity contribution in [3.8, 4) is 5.75 Å². The fraction of sp³-hybridized carbons (Fsp3) is 0.571. The molecule has 1 aromatic heterocycles. The van der Waals surface area contributed by atoms with Crippen LogP contribution in [0.2, 0.25) is 0 Å². The van der Waals surface area contributed by atoms with Crippen LogP contribution in [0.15, 0.2) is 35.1 Å². The zero-order chi connectivity index (χ0) is 21.7. The molecule has 1 saturated heterocycles. The number of alkyl halides is 2. The van der Waals surface area contributed by atoms with Gasteiger partial charge in [0.1, 0.15) is 11.6 Å². The Morgan fingerprint density at radius 2 is 2.27 bits per heavy atom. The van der Waals surface area contributed by atoms with Crippen molar-refractivity contribution >= 4 is 17.9 Å². The van der Waals surface area contributed by atoms with E-state index in [0.717, 1.165) is 0 Å². The Labute approximate surface area is 175 Å². The van der Waals surface area contributed by atoms with Crippen molar-refractivity contribution in [2.75, 3.05) is 32.1 Å². The molecular formula is C21H29F2N5O2. The first kappa shape index (κ1) is 22.1. The summed E-state index contributed by atoms with van der Waals surface area (Å²) in [5.74, 6) is -2.71. The van der Waals surface area contributed by atoms with E-state index < -0.39 is 17.9 Å². The molecule has 1 amide bonds. The maximum Gasteiger partial charge on any atom is 0.258 e. The summed E-state index contributed by atoms with van der Waals surface area (Å²) in [7, 11) is 1.54. The van der Waals surface area contributed by atoms with E-state index in [1.165, 1.54) is 25.1 Å². The van der Waals surface area contributed by atoms with Crippen molar-refractivity contribution in [3.05, 3.63) is 30.1 Å². The molecule has 1 aromatic rings. The number of aromatic nitrogens is 1. The van der Waals surface area contributed by atoms with Crippen LogP contribution in [-0.4, -0.2) is 60.7 Å². The molecule has 9 heteroatoms. The van der Waals surface area contributed by atoms with Crippen LogP contribution in [0, 0.1) is 11.8 Å². The fourth-order valence-electron chi connectivity index (χ4n) is 3.34. The number of hydrogen-bond donors (Lipinski definition) is 2. The molecule has 0 radical (unpaired) electrons. The number of carbonyl (C=O) groups excluding carboxylic acids is 1. The normalized spacial score (nSPS) is 23.3. The van der Waals surface area contributed by atoms with Gasteiger partial charge in [0.2, 0.25) is 5.91 Å². The second kappa shape index (κ2) is 9.51. The summed E-state index contributed by atoms with van der Waals surface area (Å²) >= 11 is 0.